The number of carbonyl (C=O) groups is 1. The average Bonchev–Trinajstić information content (AvgIpc) is 2.81. The van der Waals surface area contributed by atoms with Crippen LogP contribution >= 0.6 is 11.6 Å². The Morgan fingerprint density at radius 3 is 3.14 bits per heavy atom. The molecule has 1 N–H and O–H groups in total. The molecule has 110 valence electrons. The van der Waals surface area contributed by atoms with E-state index in [0.717, 1.165) is 42.8 Å². The average molecular weight is 309 g/mol. The van der Waals surface area contributed by atoms with Crippen LogP contribution in [0.25, 0.3) is 0 Å². The van der Waals surface area contributed by atoms with Gasteiger partial charge in [-0.1, -0.05) is 11.6 Å². The van der Waals surface area contributed by atoms with Crippen LogP contribution in [-0.2, 0) is 18.3 Å². The standard InChI is InChI=1S/C14H14ClFN4O/c1-20-7-10-9(3-2-4-12(10)19-20)14(21)18-13-11(15)5-8(16)6-17-13/h5-7,9H,2-4H2,1H3,(H,17,18,21). The molecular formula is C14H14ClFN4O. The summed E-state index contributed by atoms with van der Waals surface area (Å²) in [6, 6.07) is 1.13. The van der Waals surface area contributed by atoms with Gasteiger partial charge in [-0.2, -0.15) is 5.10 Å². The number of carbonyl (C=O) groups excluding carboxylic acids is 1. The van der Waals surface area contributed by atoms with Crippen LogP contribution in [0.3, 0.4) is 0 Å². The van der Waals surface area contributed by atoms with Crippen LogP contribution in [0.1, 0.15) is 30.0 Å². The van der Waals surface area contributed by atoms with Gasteiger partial charge in [0.1, 0.15) is 5.82 Å². The molecule has 2 aromatic rings. The van der Waals surface area contributed by atoms with Crippen LogP contribution < -0.4 is 5.32 Å². The van der Waals surface area contributed by atoms with Gasteiger partial charge in [0.25, 0.3) is 0 Å². The fraction of sp³-hybridized carbons (Fsp3) is 0.357. The van der Waals surface area contributed by atoms with Crippen molar-refractivity contribution in [2.75, 3.05) is 5.32 Å². The van der Waals surface area contributed by atoms with Crippen molar-refractivity contribution >= 4 is 23.3 Å². The van der Waals surface area contributed by atoms with Crippen molar-refractivity contribution in [1.82, 2.24) is 14.8 Å². The molecule has 21 heavy (non-hydrogen) atoms. The molecule has 1 amide bonds. The molecule has 1 unspecified atom stereocenters. The lowest BCUT2D eigenvalue weighted by Gasteiger charge is -2.20. The van der Waals surface area contributed by atoms with Crippen molar-refractivity contribution in [3.05, 3.63) is 40.6 Å². The molecule has 1 aliphatic carbocycles. The molecule has 0 spiro atoms. The first-order valence-electron chi connectivity index (χ1n) is 6.69. The Bertz CT molecular complexity index is 700. The molecule has 0 saturated heterocycles. The van der Waals surface area contributed by atoms with Crippen LogP contribution in [0.15, 0.2) is 18.5 Å². The second-order valence-corrected chi connectivity index (χ2v) is 5.53. The maximum atomic E-state index is 13.0. The Labute approximate surface area is 126 Å². The van der Waals surface area contributed by atoms with Gasteiger partial charge in [0.05, 0.1) is 22.8 Å². The number of pyridine rings is 1. The first-order chi connectivity index (χ1) is 10.0. The normalized spacial score (nSPS) is 17.4. The van der Waals surface area contributed by atoms with Crippen LogP contribution in [0.4, 0.5) is 10.2 Å². The Morgan fingerprint density at radius 1 is 1.57 bits per heavy atom. The Balaban J connectivity index is 1.83. The molecule has 3 rings (SSSR count). The maximum Gasteiger partial charge on any atom is 0.233 e. The number of fused-ring (bicyclic) bond motifs is 1. The third-order valence-corrected chi connectivity index (χ3v) is 3.87. The first kappa shape index (κ1) is 14.0. The van der Waals surface area contributed by atoms with Crippen LogP contribution in [-0.4, -0.2) is 20.7 Å². The fourth-order valence-electron chi connectivity index (χ4n) is 2.65. The van der Waals surface area contributed by atoms with Gasteiger partial charge in [-0.3, -0.25) is 9.48 Å². The van der Waals surface area contributed by atoms with Crippen LogP contribution in [0.2, 0.25) is 5.02 Å². The van der Waals surface area contributed by atoms with E-state index in [1.807, 2.05) is 13.2 Å². The number of hydrogen-bond acceptors (Lipinski definition) is 3. The predicted octanol–water partition coefficient (Wildman–Crippen LogP) is 2.67. The zero-order chi connectivity index (χ0) is 15.0. The lowest BCUT2D eigenvalue weighted by Crippen LogP contribution is -2.24. The Kier molecular flexibility index (Phi) is 3.63. The number of hydrogen-bond donors (Lipinski definition) is 1. The molecule has 2 heterocycles. The summed E-state index contributed by atoms with van der Waals surface area (Å²) in [6.07, 6.45) is 5.45. The number of aryl methyl sites for hydroxylation is 2. The highest BCUT2D eigenvalue weighted by Gasteiger charge is 2.29. The van der Waals surface area contributed by atoms with E-state index in [4.69, 9.17) is 11.6 Å². The third kappa shape index (κ3) is 2.76. The minimum absolute atomic E-state index is 0.0885. The molecule has 0 saturated carbocycles. The second-order valence-electron chi connectivity index (χ2n) is 5.12. The Hall–Kier alpha value is -1.95. The quantitative estimate of drug-likeness (QED) is 0.928. The second kappa shape index (κ2) is 5.44. The minimum Gasteiger partial charge on any atom is -0.309 e. The largest absolute Gasteiger partial charge is 0.309 e. The summed E-state index contributed by atoms with van der Waals surface area (Å²) in [4.78, 5) is 16.3. The number of nitrogens with one attached hydrogen (secondary N) is 1. The smallest absolute Gasteiger partial charge is 0.233 e. The highest BCUT2D eigenvalue weighted by atomic mass is 35.5. The summed E-state index contributed by atoms with van der Waals surface area (Å²) in [5.74, 6) is -0.820. The van der Waals surface area contributed by atoms with Crippen LogP contribution in [0, 0.1) is 5.82 Å². The summed E-state index contributed by atoms with van der Waals surface area (Å²) in [5.41, 5.74) is 1.90. The van der Waals surface area contributed by atoms with Crippen LogP contribution in [0.5, 0.6) is 0 Å². The van der Waals surface area contributed by atoms with E-state index in [1.165, 1.54) is 0 Å². The number of halogens is 2. The predicted molar refractivity (Wildman–Crippen MR) is 76.7 cm³/mol. The molecule has 7 heteroatoms. The number of anilines is 1. The monoisotopic (exact) mass is 308 g/mol. The number of nitrogens with zero attached hydrogens (tertiary/aromatic N) is 3. The molecule has 0 aliphatic heterocycles. The van der Waals surface area contributed by atoms with Crippen molar-refractivity contribution in [1.29, 1.82) is 0 Å². The summed E-state index contributed by atoms with van der Waals surface area (Å²) in [5, 5.41) is 7.13. The lowest BCUT2D eigenvalue weighted by atomic mass is 9.86. The molecule has 0 bridgehead atoms. The molecule has 0 fully saturated rings. The van der Waals surface area contributed by atoms with Gasteiger partial charge in [-0.25, -0.2) is 9.37 Å². The lowest BCUT2D eigenvalue weighted by molar-refractivity contribution is -0.117. The van der Waals surface area contributed by atoms with E-state index in [2.05, 4.69) is 15.4 Å². The first-order valence-corrected chi connectivity index (χ1v) is 7.06. The van der Waals surface area contributed by atoms with E-state index < -0.39 is 5.82 Å². The van der Waals surface area contributed by atoms with Gasteiger partial charge < -0.3 is 5.32 Å². The van der Waals surface area contributed by atoms with Crippen molar-refractivity contribution in [3.63, 3.8) is 0 Å². The van der Waals surface area contributed by atoms with Gasteiger partial charge in [-0.15, -0.1) is 0 Å². The van der Waals surface area contributed by atoms with Crippen molar-refractivity contribution in [2.24, 2.45) is 7.05 Å². The zero-order valence-corrected chi connectivity index (χ0v) is 12.2. The van der Waals surface area contributed by atoms with E-state index in [0.29, 0.717) is 0 Å². The van der Waals surface area contributed by atoms with Crippen molar-refractivity contribution < 1.29 is 9.18 Å². The molecule has 0 aromatic carbocycles. The van der Waals surface area contributed by atoms with Gasteiger partial charge in [0.2, 0.25) is 5.91 Å². The molecule has 2 aromatic heterocycles. The zero-order valence-electron chi connectivity index (χ0n) is 11.4. The third-order valence-electron chi connectivity index (χ3n) is 3.59. The van der Waals surface area contributed by atoms with Gasteiger partial charge in [0, 0.05) is 18.8 Å². The molecule has 1 aliphatic rings. The highest BCUT2D eigenvalue weighted by Crippen LogP contribution is 2.32. The summed E-state index contributed by atoms with van der Waals surface area (Å²) in [6.45, 7) is 0. The van der Waals surface area contributed by atoms with E-state index in [9.17, 15) is 9.18 Å². The van der Waals surface area contributed by atoms with Gasteiger partial charge in [0.15, 0.2) is 5.82 Å². The number of aromatic nitrogens is 3. The molecule has 0 radical (unpaired) electrons. The Morgan fingerprint density at radius 2 is 2.38 bits per heavy atom. The highest BCUT2D eigenvalue weighted by molar-refractivity contribution is 6.33. The molecule has 1 atom stereocenters. The maximum absolute atomic E-state index is 13.0. The van der Waals surface area contributed by atoms with E-state index in [-0.39, 0.29) is 22.7 Å². The minimum atomic E-state index is -0.537. The summed E-state index contributed by atoms with van der Waals surface area (Å²) in [7, 11) is 1.84. The number of rotatable bonds is 2. The van der Waals surface area contributed by atoms with E-state index >= 15 is 0 Å². The fourth-order valence-corrected chi connectivity index (χ4v) is 2.85. The topological polar surface area (TPSA) is 59.8 Å². The summed E-state index contributed by atoms with van der Waals surface area (Å²) >= 11 is 5.88. The molecular weight excluding hydrogens is 295 g/mol. The molecule has 5 nitrogen and oxygen atoms in total. The van der Waals surface area contributed by atoms with Gasteiger partial charge >= 0.3 is 0 Å². The van der Waals surface area contributed by atoms with Crippen molar-refractivity contribution in [2.45, 2.75) is 25.2 Å². The number of amides is 1. The van der Waals surface area contributed by atoms with Crippen molar-refractivity contribution in [3.8, 4) is 0 Å². The summed E-state index contributed by atoms with van der Waals surface area (Å²) < 4.78 is 14.7. The SMILES string of the molecule is Cn1cc2c(n1)CCCC2C(=O)Nc1ncc(F)cc1Cl. The van der Waals surface area contributed by atoms with Gasteiger partial charge in [-0.05, 0) is 25.3 Å². The van der Waals surface area contributed by atoms with E-state index in [1.54, 1.807) is 4.68 Å².